The van der Waals surface area contributed by atoms with Crippen LogP contribution in [0.2, 0.25) is 0 Å². The monoisotopic (exact) mass is 320 g/mol. The SMILES string of the molecule is Oc1ccc(C2(c3ccc(O)cc3)C[C@@H]3C[C@@H]2[C@@H]2CCC[C@@H]32)cc1. The molecular formula is C22H24O2. The van der Waals surface area contributed by atoms with E-state index in [1.165, 1.54) is 43.2 Å². The average molecular weight is 320 g/mol. The van der Waals surface area contributed by atoms with Crippen molar-refractivity contribution in [3.8, 4) is 11.5 Å². The Labute approximate surface area is 143 Å². The van der Waals surface area contributed by atoms with Gasteiger partial charge in [-0.05, 0) is 84.7 Å². The van der Waals surface area contributed by atoms with Gasteiger partial charge in [0.25, 0.3) is 0 Å². The smallest absolute Gasteiger partial charge is 0.115 e. The molecule has 0 saturated heterocycles. The fourth-order valence-electron chi connectivity index (χ4n) is 6.49. The van der Waals surface area contributed by atoms with E-state index in [4.69, 9.17) is 0 Å². The molecule has 0 radical (unpaired) electrons. The van der Waals surface area contributed by atoms with Gasteiger partial charge in [-0.25, -0.2) is 0 Å². The summed E-state index contributed by atoms with van der Waals surface area (Å²) in [6, 6.07) is 15.8. The second kappa shape index (κ2) is 5.02. The lowest BCUT2D eigenvalue weighted by molar-refractivity contribution is 0.181. The van der Waals surface area contributed by atoms with E-state index in [-0.39, 0.29) is 5.41 Å². The minimum Gasteiger partial charge on any atom is -0.508 e. The standard InChI is InChI=1S/C22H24O2/c23-17-8-4-15(5-9-17)22(16-6-10-18(24)11-7-16)13-14-12-21(22)20-3-1-2-19(14)20/h4-11,14,19-21,23-24H,1-3,12-13H2/t14-,19-,20+,21+/m0/s1. The van der Waals surface area contributed by atoms with Crippen LogP contribution in [0.1, 0.15) is 43.2 Å². The van der Waals surface area contributed by atoms with Crippen LogP contribution in [0.25, 0.3) is 0 Å². The number of hydrogen-bond acceptors (Lipinski definition) is 2. The quantitative estimate of drug-likeness (QED) is 0.831. The van der Waals surface area contributed by atoms with Crippen molar-refractivity contribution in [2.75, 3.05) is 0 Å². The first-order chi connectivity index (χ1) is 11.7. The summed E-state index contributed by atoms with van der Waals surface area (Å²) in [5.41, 5.74) is 2.73. The lowest BCUT2D eigenvalue weighted by Gasteiger charge is -2.44. The summed E-state index contributed by atoms with van der Waals surface area (Å²) in [7, 11) is 0. The Morgan fingerprint density at radius 3 is 1.88 bits per heavy atom. The molecule has 0 spiro atoms. The molecule has 3 aliphatic carbocycles. The van der Waals surface area contributed by atoms with Gasteiger partial charge < -0.3 is 10.2 Å². The van der Waals surface area contributed by atoms with E-state index in [1.54, 1.807) is 0 Å². The molecule has 0 unspecified atom stereocenters. The molecule has 0 aromatic heterocycles. The van der Waals surface area contributed by atoms with Crippen molar-refractivity contribution in [1.82, 2.24) is 0 Å². The van der Waals surface area contributed by atoms with Crippen LogP contribution < -0.4 is 0 Å². The van der Waals surface area contributed by atoms with Crippen LogP contribution in [0.5, 0.6) is 11.5 Å². The van der Waals surface area contributed by atoms with Crippen LogP contribution in [0, 0.1) is 23.7 Å². The molecule has 0 amide bonds. The third-order valence-corrected chi connectivity index (χ3v) is 7.29. The lowest BCUT2D eigenvalue weighted by Crippen LogP contribution is -2.40. The molecule has 2 aromatic carbocycles. The summed E-state index contributed by atoms with van der Waals surface area (Å²) in [6.07, 6.45) is 6.76. The van der Waals surface area contributed by atoms with Crippen LogP contribution in [0.15, 0.2) is 48.5 Å². The largest absolute Gasteiger partial charge is 0.508 e. The van der Waals surface area contributed by atoms with Gasteiger partial charge in [-0.3, -0.25) is 0 Å². The Kier molecular flexibility index (Phi) is 3.01. The molecule has 3 saturated carbocycles. The molecule has 2 nitrogen and oxygen atoms in total. The van der Waals surface area contributed by atoms with Gasteiger partial charge in [-0.2, -0.15) is 0 Å². The highest BCUT2D eigenvalue weighted by Gasteiger charge is 2.61. The summed E-state index contributed by atoms with van der Waals surface area (Å²) in [5, 5.41) is 19.5. The fraction of sp³-hybridized carbons (Fsp3) is 0.455. The van der Waals surface area contributed by atoms with Gasteiger partial charge in [0.05, 0.1) is 0 Å². The number of fused-ring (bicyclic) bond motifs is 5. The van der Waals surface area contributed by atoms with E-state index in [1.807, 2.05) is 24.3 Å². The predicted octanol–water partition coefficient (Wildman–Crippen LogP) is 4.84. The number of hydrogen-bond donors (Lipinski definition) is 2. The van der Waals surface area contributed by atoms with Crippen molar-refractivity contribution < 1.29 is 10.2 Å². The van der Waals surface area contributed by atoms with Crippen LogP contribution in [-0.4, -0.2) is 10.2 Å². The molecular weight excluding hydrogens is 296 g/mol. The second-order valence-corrected chi connectivity index (χ2v) is 8.13. The van der Waals surface area contributed by atoms with E-state index in [2.05, 4.69) is 24.3 Å². The summed E-state index contributed by atoms with van der Waals surface area (Å²) >= 11 is 0. The molecule has 4 atom stereocenters. The number of benzene rings is 2. The maximum Gasteiger partial charge on any atom is 0.115 e. The van der Waals surface area contributed by atoms with Crippen LogP contribution >= 0.6 is 0 Å². The van der Waals surface area contributed by atoms with E-state index >= 15 is 0 Å². The van der Waals surface area contributed by atoms with Crippen molar-refractivity contribution in [3.05, 3.63) is 59.7 Å². The lowest BCUT2D eigenvalue weighted by atomic mass is 9.59. The minimum absolute atomic E-state index is 0.0531. The number of phenols is 2. The molecule has 24 heavy (non-hydrogen) atoms. The van der Waals surface area contributed by atoms with Crippen LogP contribution in [0.3, 0.4) is 0 Å². The van der Waals surface area contributed by atoms with Crippen molar-refractivity contribution >= 4 is 0 Å². The molecule has 2 aromatic rings. The van der Waals surface area contributed by atoms with Gasteiger partial charge in [0, 0.05) is 5.41 Å². The summed E-state index contributed by atoms with van der Waals surface area (Å²) in [4.78, 5) is 0. The van der Waals surface area contributed by atoms with E-state index in [0.717, 1.165) is 17.8 Å². The third kappa shape index (κ3) is 1.83. The van der Waals surface area contributed by atoms with Gasteiger partial charge in [-0.1, -0.05) is 30.7 Å². The van der Waals surface area contributed by atoms with Gasteiger partial charge in [-0.15, -0.1) is 0 Å². The van der Waals surface area contributed by atoms with Crippen molar-refractivity contribution in [3.63, 3.8) is 0 Å². The van der Waals surface area contributed by atoms with Crippen LogP contribution in [-0.2, 0) is 5.41 Å². The molecule has 2 N–H and O–H groups in total. The number of aromatic hydroxyl groups is 2. The Morgan fingerprint density at radius 2 is 1.29 bits per heavy atom. The topological polar surface area (TPSA) is 40.5 Å². The van der Waals surface area contributed by atoms with Crippen LogP contribution in [0.4, 0.5) is 0 Å². The van der Waals surface area contributed by atoms with E-state index in [9.17, 15) is 10.2 Å². The zero-order valence-corrected chi connectivity index (χ0v) is 13.9. The highest BCUT2D eigenvalue weighted by molar-refractivity contribution is 5.46. The summed E-state index contributed by atoms with van der Waals surface area (Å²) < 4.78 is 0. The zero-order valence-electron chi connectivity index (χ0n) is 13.9. The van der Waals surface area contributed by atoms with Gasteiger partial charge in [0.1, 0.15) is 11.5 Å². The number of phenolic OH excluding ortho intramolecular Hbond substituents is 2. The molecule has 0 heterocycles. The molecule has 3 fully saturated rings. The van der Waals surface area contributed by atoms with Crippen molar-refractivity contribution in [2.24, 2.45) is 23.7 Å². The average Bonchev–Trinajstić information content (AvgIpc) is 3.28. The molecule has 3 aliphatic rings. The highest BCUT2D eigenvalue weighted by Crippen LogP contribution is 2.68. The molecule has 0 aliphatic heterocycles. The number of rotatable bonds is 2. The Balaban J connectivity index is 1.67. The van der Waals surface area contributed by atoms with Gasteiger partial charge in [0.15, 0.2) is 0 Å². The molecule has 2 bridgehead atoms. The normalized spacial score (nSPS) is 32.8. The molecule has 5 rings (SSSR count). The molecule has 2 heteroatoms. The highest BCUT2D eigenvalue weighted by atomic mass is 16.3. The second-order valence-electron chi connectivity index (χ2n) is 8.13. The fourth-order valence-corrected chi connectivity index (χ4v) is 6.49. The van der Waals surface area contributed by atoms with Gasteiger partial charge in [0.2, 0.25) is 0 Å². The Morgan fingerprint density at radius 1 is 0.750 bits per heavy atom. The van der Waals surface area contributed by atoms with Crippen molar-refractivity contribution in [2.45, 2.75) is 37.5 Å². The van der Waals surface area contributed by atoms with E-state index < -0.39 is 0 Å². The Hall–Kier alpha value is -1.96. The summed E-state index contributed by atoms with van der Waals surface area (Å²) in [6.45, 7) is 0. The minimum atomic E-state index is 0.0531. The molecule has 124 valence electrons. The Bertz CT molecular complexity index is 701. The third-order valence-electron chi connectivity index (χ3n) is 7.29. The summed E-state index contributed by atoms with van der Waals surface area (Å²) in [5.74, 6) is 4.00. The van der Waals surface area contributed by atoms with Gasteiger partial charge >= 0.3 is 0 Å². The maximum atomic E-state index is 9.74. The van der Waals surface area contributed by atoms with Crippen molar-refractivity contribution in [1.29, 1.82) is 0 Å². The maximum absolute atomic E-state index is 9.74. The zero-order chi connectivity index (χ0) is 16.3. The first-order valence-electron chi connectivity index (χ1n) is 9.27. The first-order valence-corrected chi connectivity index (χ1v) is 9.27. The van der Waals surface area contributed by atoms with E-state index in [0.29, 0.717) is 17.4 Å². The predicted molar refractivity (Wildman–Crippen MR) is 94.0 cm³/mol. The first kappa shape index (κ1) is 14.4.